The topological polar surface area (TPSA) is 131 Å². The van der Waals surface area contributed by atoms with Gasteiger partial charge in [0.2, 0.25) is 0 Å². The number of hydrogen-bond acceptors (Lipinski definition) is 10. The minimum atomic E-state index is -1.12. The van der Waals surface area contributed by atoms with Crippen LogP contribution in [0.25, 0.3) is 0 Å². The average molecular weight is 627 g/mol. The van der Waals surface area contributed by atoms with Gasteiger partial charge >= 0.3 is 17.9 Å². The third kappa shape index (κ3) is 4.65. The van der Waals surface area contributed by atoms with Crippen LogP contribution in [0.15, 0.2) is 45.8 Å². The van der Waals surface area contributed by atoms with Gasteiger partial charge in [-0.1, -0.05) is 32.4 Å². The van der Waals surface area contributed by atoms with E-state index in [4.69, 9.17) is 28.1 Å². The first-order valence-electron chi connectivity index (χ1n) is 16.0. The molecule has 3 aliphatic carbocycles. The lowest BCUT2D eigenvalue weighted by atomic mass is 9.39. The molecule has 1 N–H and O–H groups in total. The number of ether oxygens (including phenoxy) is 5. The Morgan fingerprint density at radius 1 is 1.00 bits per heavy atom. The number of allylic oxidation sites excluding steroid dienone is 2. The summed E-state index contributed by atoms with van der Waals surface area (Å²) in [5, 5.41) is 11.6. The fourth-order valence-corrected chi connectivity index (χ4v) is 10.3. The van der Waals surface area contributed by atoms with Crippen LogP contribution in [0.4, 0.5) is 0 Å². The number of hydrogen-bond donors (Lipinski definition) is 1. The molecule has 5 aliphatic rings. The highest BCUT2D eigenvalue weighted by Gasteiger charge is 2.77. The minimum absolute atomic E-state index is 0.0237. The van der Waals surface area contributed by atoms with Gasteiger partial charge in [-0.15, -0.1) is 0 Å². The summed E-state index contributed by atoms with van der Waals surface area (Å²) in [5.74, 6) is -2.08. The molecule has 246 valence electrons. The highest BCUT2D eigenvalue weighted by Crippen LogP contribution is 2.72. The third-order valence-corrected chi connectivity index (χ3v) is 12.1. The first-order valence-corrected chi connectivity index (χ1v) is 16.0. The third-order valence-electron chi connectivity index (χ3n) is 12.1. The standard InChI is InChI=1S/C35H46O10/c1-9-17(2)32(39)45-31-29-30-33(6,16-41-29)25(42-19(4)36)14-26(43-20(5)37)34(30,7)24-13-27(38)44-23-12-22(21-10-11-40-15-21)18(3)28(23)35(24,31)8/h9-11,15,22-27,29-31,38H,12-14,16H2,1-8H3/b17-9+. The maximum atomic E-state index is 13.7. The van der Waals surface area contributed by atoms with E-state index in [1.807, 2.05) is 13.0 Å². The molecular formula is C35H46O10. The monoisotopic (exact) mass is 626 g/mol. The molecule has 0 bridgehead atoms. The quantitative estimate of drug-likeness (QED) is 0.206. The van der Waals surface area contributed by atoms with E-state index >= 15 is 0 Å². The lowest BCUT2D eigenvalue weighted by Gasteiger charge is -2.66. The van der Waals surface area contributed by atoms with E-state index in [1.165, 1.54) is 13.8 Å². The summed E-state index contributed by atoms with van der Waals surface area (Å²) in [5.41, 5.74) is 1.18. The summed E-state index contributed by atoms with van der Waals surface area (Å²) in [6.07, 6.45) is 1.99. The Bertz CT molecular complexity index is 1430. The summed E-state index contributed by atoms with van der Waals surface area (Å²) < 4.78 is 37.2. The Labute approximate surface area is 264 Å². The Morgan fingerprint density at radius 3 is 2.31 bits per heavy atom. The second kappa shape index (κ2) is 11.1. The normalized spacial score (nSPS) is 43.9. The van der Waals surface area contributed by atoms with Crippen LogP contribution in [-0.4, -0.2) is 66.4 Å². The average Bonchev–Trinajstić information content (AvgIpc) is 3.68. The van der Waals surface area contributed by atoms with Crippen molar-refractivity contribution >= 4 is 17.9 Å². The van der Waals surface area contributed by atoms with Crippen molar-refractivity contribution < 1.29 is 47.6 Å². The van der Waals surface area contributed by atoms with E-state index in [2.05, 4.69) is 20.8 Å². The Kier molecular flexibility index (Phi) is 7.89. The van der Waals surface area contributed by atoms with E-state index in [1.54, 1.807) is 32.4 Å². The first-order chi connectivity index (χ1) is 21.2. The summed E-state index contributed by atoms with van der Waals surface area (Å²) in [7, 11) is 0. The van der Waals surface area contributed by atoms with Crippen molar-refractivity contribution in [3.63, 3.8) is 0 Å². The second-order valence-corrected chi connectivity index (χ2v) is 14.4. The summed E-state index contributed by atoms with van der Waals surface area (Å²) >= 11 is 0. The van der Waals surface area contributed by atoms with Crippen molar-refractivity contribution in [3.05, 3.63) is 47.0 Å². The molecule has 4 fully saturated rings. The van der Waals surface area contributed by atoms with Crippen LogP contribution in [0.3, 0.4) is 0 Å². The fourth-order valence-electron chi connectivity index (χ4n) is 10.3. The Balaban J connectivity index is 1.61. The molecule has 0 radical (unpaired) electrons. The Morgan fingerprint density at radius 2 is 1.69 bits per heavy atom. The van der Waals surface area contributed by atoms with Gasteiger partial charge in [0, 0.05) is 60.3 Å². The number of carbonyl (C=O) groups excluding carboxylic acids is 3. The predicted molar refractivity (Wildman–Crippen MR) is 160 cm³/mol. The zero-order chi connectivity index (χ0) is 32.6. The maximum Gasteiger partial charge on any atom is 0.333 e. The molecule has 0 spiro atoms. The van der Waals surface area contributed by atoms with Crippen LogP contribution >= 0.6 is 0 Å². The largest absolute Gasteiger partial charge is 0.472 e. The van der Waals surface area contributed by atoms with Crippen molar-refractivity contribution in [3.8, 4) is 0 Å². The van der Waals surface area contributed by atoms with Crippen molar-refractivity contribution in [2.75, 3.05) is 6.61 Å². The van der Waals surface area contributed by atoms with Crippen molar-refractivity contribution in [1.82, 2.24) is 0 Å². The van der Waals surface area contributed by atoms with Crippen molar-refractivity contribution in [2.24, 2.45) is 28.1 Å². The summed E-state index contributed by atoms with van der Waals surface area (Å²) in [4.78, 5) is 38.7. The van der Waals surface area contributed by atoms with Gasteiger partial charge in [0.05, 0.1) is 31.3 Å². The molecule has 0 aromatic carbocycles. The number of aliphatic hydroxyl groups excluding tert-OH is 1. The van der Waals surface area contributed by atoms with Crippen LogP contribution in [0.5, 0.6) is 0 Å². The predicted octanol–water partition coefficient (Wildman–Crippen LogP) is 5.00. The number of fused-ring (bicyclic) bond motifs is 4. The minimum Gasteiger partial charge on any atom is -0.472 e. The highest BCUT2D eigenvalue weighted by molar-refractivity contribution is 5.87. The van der Waals surface area contributed by atoms with Gasteiger partial charge in [0.15, 0.2) is 6.29 Å². The smallest absolute Gasteiger partial charge is 0.333 e. The molecule has 2 saturated carbocycles. The van der Waals surface area contributed by atoms with E-state index in [0.29, 0.717) is 12.0 Å². The van der Waals surface area contributed by atoms with E-state index in [0.717, 1.165) is 16.7 Å². The number of aliphatic hydroxyl groups is 1. The molecule has 10 heteroatoms. The molecule has 1 aromatic rings. The zero-order valence-corrected chi connectivity index (χ0v) is 27.5. The molecule has 6 rings (SSSR count). The number of furan rings is 1. The van der Waals surface area contributed by atoms with Crippen LogP contribution in [0.1, 0.15) is 86.1 Å². The van der Waals surface area contributed by atoms with Crippen LogP contribution < -0.4 is 0 Å². The van der Waals surface area contributed by atoms with Crippen molar-refractivity contribution in [1.29, 1.82) is 0 Å². The van der Waals surface area contributed by atoms with Gasteiger partial charge in [-0.05, 0) is 50.3 Å². The molecular weight excluding hydrogens is 580 g/mol. The molecule has 12 atom stereocenters. The fraction of sp³-hybridized carbons (Fsp3) is 0.686. The summed E-state index contributed by atoms with van der Waals surface area (Å²) in [6, 6.07) is 1.94. The van der Waals surface area contributed by atoms with Gasteiger partial charge in [0.1, 0.15) is 18.3 Å². The van der Waals surface area contributed by atoms with Gasteiger partial charge in [-0.3, -0.25) is 9.59 Å². The van der Waals surface area contributed by atoms with Gasteiger partial charge in [-0.2, -0.15) is 0 Å². The molecule has 0 amide bonds. The molecule has 2 saturated heterocycles. The SMILES string of the molecule is C/C=C(\C)C(=O)OC1C2OCC3(C)C(OC(C)=O)CC(OC(C)=O)C(C)(C23)C2CC(O)OC3CC(c4ccoc4)C(C)=C3C12C. The number of carbonyl (C=O) groups is 3. The van der Waals surface area contributed by atoms with E-state index < -0.39 is 71.0 Å². The molecule has 2 aliphatic heterocycles. The molecule has 12 unspecified atom stereocenters. The number of rotatable bonds is 5. The summed E-state index contributed by atoms with van der Waals surface area (Å²) in [6.45, 7) is 14.9. The lowest BCUT2D eigenvalue weighted by molar-refractivity contribution is -0.262. The van der Waals surface area contributed by atoms with Gasteiger partial charge in [0.25, 0.3) is 0 Å². The van der Waals surface area contributed by atoms with Crippen LogP contribution in [0.2, 0.25) is 0 Å². The van der Waals surface area contributed by atoms with Gasteiger partial charge < -0.3 is 33.2 Å². The molecule has 45 heavy (non-hydrogen) atoms. The second-order valence-electron chi connectivity index (χ2n) is 14.4. The van der Waals surface area contributed by atoms with Crippen molar-refractivity contribution in [2.45, 2.75) is 117 Å². The first kappa shape index (κ1) is 32.0. The van der Waals surface area contributed by atoms with Crippen LogP contribution in [-0.2, 0) is 38.1 Å². The molecule has 10 nitrogen and oxygen atoms in total. The highest BCUT2D eigenvalue weighted by atomic mass is 16.6. The Hall–Kier alpha value is -2.95. The lowest BCUT2D eigenvalue weighted by Crippen LogP contribution is -2.72. The molecule has 1 aromatic heterocycles. The van der Waals surface area contributed by atoms with E-state index in [-0.39, 0.29) is 37.2 Å². The maximum absolute atomic E-state index is 13.7. The van der Waals surface area contributed by atoms with E-state index in [9.17, 15) is 19.5 Å². The number of esters is 3. The van der Waals surface area contributed by atoms with Gasteiger partial charge in [-0.25, -0.2) is 4.79 Å². The van der Waals surface area contributed by atoms with Crippen LogP contribution in [0, 0.1) is 28.1 Å². The molecule has 3 heterocycles. The zero-order valence-electron chi connectivity index (χ0n) is 27.5.